The molecule has 0 atom stereocenters. The summed E-state index contributed by atoms with van der Waals surface area (Å²) in [7, 11) is 0. The average molecular weight is 353 g/mol. The summed E-state index contributed by atoms with van der Waals surface area (Å²) in [6.07, 6.45) is 15.4. The van der Waals surface area contributed by atoms with E-state index in [1.807, 2.05) is 0 Å². The molecule has 1 aromatic heterocycles. The molecule has 0 saturated heterocycles. The Labute approximate surface area is 160 Å². The van der Waals surface area contributed by atoms with E-state index in [1.54, 1.807) is 0 Å². The van der Waals surface area contributed by atoms with Crippen LogP contribution in [0, 0.1) is 0 Å². The van der Waals surface area contributed by atoms with Gasteiger partial charge in [-0.3, -0.25) is 0 Å². The Hall–Kier alpha value is -1.70. The number of hydrogen-bond donors (Lipinski definition) is 0. The molecule has 0 spiro atoms. The zero-order valence-electron chi connectivity index (χ0n) is 16.8. The lowest BCUT2D eigenvalue weighted by molar-refractivity contribution is 0.603. The number of rotatable bonds is 13. The highest BCUT2D eigenvalue weighted by Crippen LogP contribution is 2.18. The van der Waals surface area contributed by atoms with Crippen molar-refractivity contribution in [3.8, 4) is 11.3 Å². The second kappa shape index (κ2) is 12.6. The SMILES string of the molecule is CCCCCCCCc1ccc(-c2ccc(CCCCCC)cc2)nn1. The second-order valence-corrected chi connectivity index (χ2v) is 7.44. The zero-order valence-corrected chi connectivity index (χ0v) is 16.8. The zero-order chi connectivity index (χ0) is 18.5. The van der Waals surface area contributed by atoms with Crippen LogP contribution in [0.2, 0.25) is 0 Å². The molecule has 0 fully saturated rings. The molecule has 0 amide bonds. The fourth-order valence-corrected chi connectivity index (χ4v) is 3.33. The number of hydrogen-bond acceptors (Lipinski definition) is 2. The van der Waals surface area contributed by atoms with Gasteiger partial charge in [0, 0.05) is 5.56 Å². The first-order valence-corrected chi connectivity index (χ1v) is 10.8. The average Bonchev–Trinajstić information content (AvgIpc) is 2.69. The molecule has 0 unspecified atom stereocenters. The Kier molecular flexibility index (Phi) is 10.0. The Morgan fingerprint density at radius 2 is 1.19 bits per heavy atom. The first-order valence-electron chi connectivity index (χ1n) is 10.8. The van der Waals surface area contributed by atoms with E-state index in [1.165, 1.54) is 81.8 Å². The van der Waals surface area contributed by atoms with Crippen LogP contribution in [-0.4, -0.2) is 10.2 Å². The third-order valence-electron chi connectivity index (χ3n) is 5.07. The van der Waals surface area contributed by atoms with Gasteiger partial charge < -0.3 is 0 Å². The van der Waals surface area contributed by atoms with Crippen LogP contribution in [0.5, 0.6) is 0 Å². The molecule has 0 bridgehead atoms. The molecule has 142 valence electrons. The Morgan fingerprint density at radius 3 is 1.85 bits per heavy atom. The van der Waals surface area contributed by atoms with E-state index < -0.39 is 0 Å². The molecule has 2 aromatic rings. The summed E-state index contributed by atoms with van der Waals surface area (Å²) in [5.74, 6) is 0. The molecule has 0 radical (unpaired) electrons. The van der Waals surface area contributed by atoms with Gasteiger partial charge in [-0.15, -0.1) is 0 Å². The molecule has 2 nitrogen and oxygen atoms in total. The first kappa shape index (κ1) is 20.6. The van der Waals surface area contributed by atoms with Gasteiger partial charge >= 0.3 is 0 Å². The van der Waals surface area contributed by atoms with Gasteiger partial charge in [-0.2, -0.15) is 10.2 Å². The van der Waals surface area contributed by atoms with E-state index in [9.17, 15) is 0 Å². The molecule has 26 heavy (non-hydrogen) atoms. The molecule has 0 aliphatic heterocycles. The minimum Gasteiger partial charge on any atom is -0.155 e. The van der Waals surface area contributed by atoms with Gasteiger partial charge in [-0.1, -0.05) is 89.5 Å². The number of unbranched alkanes of at least 4 members (excludes halogenated alkanes) is 8. The molecule has 0 aliphatic carbocycles. The summed E-state index contributed by atoms with van der Waals surface area (Å²) < 4.78 is 0. The van der Waals surface area contributed by atoms with Gasteiger partial charge in [-0.25, -0.2) is 0 Å². The summed E-state index contributed by atoms with van der Waals surface area (Å²) in [5, 5.41) is 8.87. The Morgan fingerprint density at radius 1 is 0.577 bits per heavy atom. The molecule has 0 saturated carbocycles. The molecular weight excluding hydrogens is 316 g/mol. The number of aromatic nitrogens is 2. The monoisotopic (exact) mass is 352 g/mol. The predicted molar refractivity (Wildman–Crippen MR) is 112 cm³/mol. The molecular formula is C24H36N2. The fourth-order valence-electron chi connectivity index (χ4n) is 3.33. The summed E-state index contributed by atoms with van der Waals surface area (Å²) in [4.78, 5) is 0. The molecule has 2 heteroatoms. The maximum atomic E-state index is 4.44. The summed E-state index contributed by atoms with van der Waals surface area (Å²) >= 11 is 0. The van der Waals surface area contributed by atoms with Crippen LogP contribution in [0.3, 0.4) is 0 Å². The van der Waals surface area contributed by atoms with Gasteiger partial charge in [0.25, 0.3) is 0 Å². The van der Waals surface area contributed by atoms with Crippen LogP contribution >= 0.6 is 0 Å². The van der Waals surface area contributed by atoms with Crippen molar-refractivity contribution >= 4 is 0 Å². The Balaban J connectivity index is 1.76. The van der Waals surface area contributed by atoms with Crippen LogP contribution < -0.4 is 0 Å². The number of nitrogens with zero attached hydrogens (tertiary/aromatic N) is 2. The normalized spacial score (nSPS) is 11.0. The van der Waals surface area contributed by atoms with Crippen molar-refractivity contribution in [3.63, 3.8) is 0 Å². The van der Waals surface area contributed by atoms with E-state index in [0.717, 1.165) is 17.8 Å². The third-order valence-corrected chi connectivity index (χ3v) is 5.07. The summed E-state index contributed by atoms with van der Waals surface area (Å²) in [6.45, 7) is 4.52. The number of aryl methyl sites for hydroxylation is 2. The highest BCUT2D eigenvalue weighted by atomic mass is 15.1. The number of benzene rings is 1. The largest absolute Gasteiger partial charge is 0.155 e. The molecule has 0 N–H and O–H groups in total. The lowest BCUT2D eigenvalue weighted by Gasteiger charge is -2.05. The van der Waals surface area contributed by atoms with Crippen LogP contribution in [0.15, 0.2) is 36.4 Å². The van der Waals surface area contributed by atoms with Crippen molar-refractivity contribution in [1.29, 1.82) is 0 Å². The van der Waals surface area contributed by atoms with Crippen molar-refractivity contribution < 1.29 is 0 Å². The maximum absolute atomic E-state index is 4.44. The lowest BCUT2D eigenvalue weighted by Crippen LogP contribution is -1.95. The van der Waals surface area contributed by atoms with Gasteiger partial charge in [0.15, 0.2) is 0 Å². The van der Waals surface area contributed by atoms with Crippen molar-refractivity contribution in [2.75, 3.05) is 0 Å². The predicted octanol–water partition coefficient (Wildman–Crippen LogP) is 7.17. The van der Waals surface area contributed by atoms with E-state index in [4.69, 9.17) is 0 Å². The smallest absolute Gasteiger partial charge is 0.0929 e. The van der Waals surface area contributed by atoms with E-state index in [-0.39, 0.29) is 0 Å². The van der Waals surface area contributed by atoms with Crippen molar-refractivity contribution in [2.24, 2.45) is 0 Å². The standard InChI is InChI=1S/C24H36N2/c1-3-5-7-9-10-12-14-23-19-20-24(26-25-23)22-17-15-21(16-18-22)13-11-8-6-4-2/h15-20H,3-14H2,1-2H3. The van der Waals surface area contributed by atoms with E-state index >= 15 is 0 Å². The van der Waals surface area contributed by atoms with Gasteiger partial charge in [0.2, 0.25) is 0 Å². The summed E-state index contributed by atoms with van der Waals surface area (Å²) in [5.41, 5.74) is 4.70. The topological polar surface area (TPSA) is 25.8 Å². The van der Waals surface area contributed by atoms with Crippen molar-refractivity contribution in [2.45, 2.75) is 90.9 Å². The fraction of sp³-hybridized carbons (Fsp3) is 0.583. The molecule has 1 aromatic carbocycles. The van der Waals surface area contributed by atoms with Crippen molar-refractivity contribution in [1.82, 2.24) is 10.2 Å². The van der Waals surface area contributed by atoms with E-state index in [0.29, 0.717) is 0 Å². The van der Waals surface area contributed by atoms with Gasteiger partial charge in [0.1, 0.15) is 0 Å². The minimum absolute atomic E-state index is 0.981. The molecule has 1 heterocycles. The highest BCUT2D eigenvalue weighted by molar-refractivity contribution is 5.58. The van der Waals surface area contributed by atoms with Gasteiger partial charge in [0.05, 0.1) is 11.4 Å². The first-order chi connectivity index (χ1) is 12.8. The third kappa shape index (κ3) is 7.68. The maximum Gasteiger partial charge on any atom is 0.0929 e. The summed E-state index contributed by atoms with van der Waals surface area (Å²) in [6, 6.07) is 13.1. The second-order valence-electron chi connectivity index (χ2n) is 7.44. The highest BCUT2D eigenvalue weighted by Gasteiger charge is 2.02. The Bertz CT molecular complexity index is 587. The van der Waals surface area contributed by atoms with Crippen LogP contribution in [0.4, 0.5) is 0 Å². The van der Waals surface area contributed by atoms with Crippen molar-refractivity contribution in [3.05, 3.63) is 47.7 Å². The van der Waals surface area contributed by atoms with Crippen LogP contribution in [0.1, 0.15) is 89.3 Å². The van der Waals surface area contributed by atoms with Crippen LogP contribution in [0.25, 0.3) is 11.3 Å². The van der Waals surface area contributed by atoms with Gasteiger partial charge in [-0.05, 0) is 43.4 Å². The lowest BCUT2D eigenvalue weighted by atomic mass is 10.0. The molecule has 2 rings (SSSR count). The molecule has 0 aliphatic rings. The van der Waals surface area contributed by atoms with Crippen LogP contribution in [-0.2, 0) is 12.8 Å². The quantitative estimate of drug-likeness (QED) is 0.357. The minimum atomic E-state index is 0.981. The van der Waals surface area contributed by atoms with E-state index in [2.05, 4.69) is 60.4 Å².